The SMILES string of the molecule is CCNC(=O)CN(CC)c1nc2ccc(Sc3nnc4ccc(Oc5cccc(F)c5)nn34)cc2s1. The lowest BCUT2D eigenvalue weighted by molar-refractivity contribution is -0.119. The Morgan fingerprint density at radius 3 is 2.86 bits per heavy atom. The third-order valence-electron chi connectivity index (χ3n) is 5.15. The number of carbonyl (C=O) groups excluding carboxylic acids is 1. The molecule has 0 aliphatic carbocycles. The van der Waals surface area contributed by atoms with Crippen molar-refractivity contribution < 1.29 is 13.9 Å². The first-order valence-electron chi connectivity index (χ1n) is 11.3. The van der Waals surface area contributed by atoms with Crippen molar-refractivity contribution in [2.45, 2.75) is 23.9 Å². The van der Waals surface area contributed by atoms with E-state index in [2.05, 4.69) is 20.6 Å². The van der Waals surface area contributed by atoms with Gasteiger partial charge in [-0.1, -0.05) is 17.4 Å². The van der Waals surface area contributed by atoms with Crippen LogP contribution in [-0.2, 0) is 4.79 Å². The number of benzene rings is 2. The molecular weight excluding hydrogens is 501 g/mol. The molecule has 0 spiro atoms. The average molecular weight is 524 g/mol. The summed E-state index contributed by atoms with van der Waals surface area (Å²) in [4.78, 5) is 19.7. The molecule has 12 heteroatoms. The normalized spacial score (nSPS) is 11.2. The number of anilines is 1. The van der Waals surface area contributed by atoms with E-state index in [9.17, 15) is 9.18 Å². The van der Waals surface area contributed by atoms with Crippen molar-refractivity contribution in [3.8, 4) is 11.6 Å². The van der Waals surface area contributed by atoms with E-state index in [-0.39, 0.29) is 18.3 Å². The largest absolute Gasteiger partial charge is 0.437 e. The van der Waals surface area contributed by atoms with E-state index in [1.165, 1.54) is 35.2 Å². The second kappa shape index (κ2) is 10.5. The minimum absolute atomic E-state index is 0.0261. The number of nitrogens with one attached hydrogen (secondary N) is 1. The molecule has 0 aliphatic heterocycles. The van der Waals surface area contributed by atoms with Crippen molar-refractivity contribution in [2.75, 3.05) is 24.5 Å². The molecule has 184 valence electrons. The smallest absolute Gasteiger partial charge is 0.239 e. The molecule has 9 nitrogen and oxygen atoms in total. The van der Waals surface area contributed by atoms with Gasteiger partial charge in [0.25, 0.3) is 0 Å². The third kappa shape index (κ3) is 5.24. The predicted molar refractivity (Wildman–Crippen MR) is 138 cm³/mol. The number of rotatable bonds is 9. The molecule has 2 aromatic carbocycles. The number of aromatic nitrogens is 5. The van der Waals surface area contributed by atoms with Crippen LogP contribution in [0.25, 0.3) is 15.9 Å². The number of carbonyl (C=O) groups is 1. The lowest BCUT2D eigenvalue weighted by Crippen LogP contribution is -2.37. The molecular formula is C24H22FN7O2S2. The van der Waals surface area contributed by atoms with E-state index in [0.717, 1.165) is 20.2 Å². The Bertz CT molecular complexity index is 1540. The van der Waals surface area contributed by atoms with E-state index < -0.39 is 0 Å². The number of halogens is 1. The van der Waals surface area contributed by atoms with Crippen molar-refractivity contribution in [3.05, 3.63) is 60.4 Å². The van der Waals surface area contributed by atoms with E-state index >= 15 is 0 Å². The highest BCUT2D eigenvalue weighted by atomic mass is 32.2. The summed E-state index contributed by atoms with van der Waals surface area (Å²) in [7, 11) is 0. The molecule has 3 heterocycles. The summed E-state index contributed by atoms with van der Waals surface area (Å²) in [6.07, 6.45) is 0. The maximum Gasteiger partial charge on any atom is 0.239 e. The Kier molecular flexibility index (Phi) is 6.96. The number of hydrogen-bond acceptors (Lipinski definition) is 9. The fourth-order valence-corrected chi connectivity index (χ4v) is 5.43. The summed E-state index contributed by atoms with van der Waals surface area (Å²) in [6.45, 7) is 5.44. The van der Waals surface area contributed by atoms with Gasteiger partial charge in [0.1, 0.15) is 11.6 Å². The zero-order valence-electron chi connectivity index (χ0n) is 19.5. The Balaban J connectivity index is 1.37. The van der Waals surface area contributed by atoms with Crippen molar-refractivity contribution >= 4 is 50.0 Å². The number of nitrogens with zero attached hydrogens (tertiary/aromatic N) is 6. The molecule has 0 aliphatic rings. The van der Waals surface area contributed by atoms with Crippen molar-refractivity contribution in [1.82, 2.24) is 30.1 Å². The van der Waals surface area contributed by atoms with Crippen LogP contribution in [0.5, 0.6) is 11.6 Å². The van der Waals surface area contributed by atoms with Crippen LogP contribution >= 0.6 is 23.1 Å². The van der Waals surface area contributed by atoms with Gasteiger partial charge in [-0.2, -0.15) is 4.52 Å². The summed E-state index contributed by atoms with van der Waals surface area (Å²) >= 11 is 2.95. The first kappa shape index (κ1) is 23.9. The van der Waals surface area contributed by atoms with Gasteiger partial charge in [0.15, 0.2) is 10.8 Å². The van der Waals surface area contributed by atoms with Gasteiger partial charge in [-0.25, -0.2) is 9.37 Å². The van der Waals surface area contributed by atoms with Gasteiger partial charge in [-0.3, -0.25) is 4.79 Å². The van der Waals surface area contributed by atoms with Crippen molar-refractivity contribution in [3.63, 3.8) is 0 Å². The van der Waals surface area contributed by atoms with Gasteiger partial charge in [0, 0.05) is 30.1 Å². The van der Waals surface area contributed by atoms with Gasteiger partial charge in [0.05, 0.1) is 16.8 Å². The highest BCUT2D eigenvalue weighted by molar-refractivity contribution is 7.99. The first-order valence-corrected chi connectivity index (χ1v) is 12.9. The number of ether oxygens (including phenoxy) is 1. The van der Waals surface area contributed by atoms with Crippen LogP contribution in [0.2, 0.25) is 0 Å². The number of hydrogen-bond donors (Lipinski definition) is 1. The molecule has 5 aromatic rings. The molecule has 0 saturated heterocycles. The Morgan fingerprint density at radius 2 is 2.06 bits per heavy atom. The van der Waals surface area contributed by atoms with Crippen LogP contribution < -0.4 is 15.0 Å². The standard InChI is InChI=1S/C24H22FN7O2S2/c1-3-26-21(33)14-31(4-2)23-27-18-9-8-17(13-19(18)36-23)35-24-29-28-20-10-11-22(30-32(20)24)34-16-7-5-6-15(25)12-16/h5-13H,3-4,14H2,1-2H3,(H,26,33). The summed E-state index contributed by atoms with van der Waals surface area (Å²) in [5, 5.41) is 17.1. The second-order valence-electron chi connectivity index (χ2n) is 7.68. The highest BCUT2D eigenvalue weighted by Gasteiger charge is 2.16. The van der Waals surface area contributed by atoms with Crippen LogP contribution in [0.4, 0.5) is 9.52 Å². The summed E-state index contributed by atoms with van der Waals surface area (Å²) in [5.41, 5.74) is 1.43. The Hall–Kier alpha value is -3.77. The van der Waals surface area contributed by atoms with E-state index in [0.29, 0.717) is 35.5 Å². The Labute approximate surface area is 214 Å². The molecule has 3 aromatic heterocycles. The minimum Gasteiger partial charge on any atom is -0.437 e. The molecule has 36 heavy (non-hydrogen) atoms. The first-order chi connectivity index (χ1) is 17.5. The molecule has 0 saturated carbocycles. The van der Waals surface area contributed by atoms with Crippen LogP contribution in [0, 0.1) is 5.82 Å². The van der Waals surface area contributed by atoms with E-state index in [1.54, 1.807) is 28.8 Å². The zero-order chi connectivity index (χ0) is 25.1. The maximum atomic E-state index is 13.5. The number of amides is 1. The number of fused-ring (bicyclic) bond motifs is 2. The number of likely N-dealkylation sites (N-methyl/N-ethyl adjacent to an activating group) is 2. The molecule has 0 radical (unpaired) electrons. The summed E-state index contributed by atoms with van der Waals surface area (Å²) in [6, 6.07) is 15.2. The van der Waals surface area contributed by atoms with Gasteiger partial charge in [-0.15, -0.1) is 15.3 Å². The van der Waals surface area contributed by atoms with Crippen molar-refractivity contribution in [2.24, 2.45) is 0 Å². The lowest BCUT2D eigenvalue weighted by Gasteiger charge is -2.18. The number of thiazole rings is 1. The minimum atomic E-state index is -0.387. The Morgan fingerprint density at radius 1 is 1.17 bits per heavy atom. The molecule has 5 rings (SSSR count). The van der Waals surface area contributed by atoms with Gasteiger partial charge < -0.3 is 15.0 Å². The van der Waals surface area contributed by atoms with Gasteiger partial charge >= 0.3 is 0 Å². The van der Waals surface area contributed by atoms with Crippen LogP contribution in [0.3, 0.4) is 0 Å². The van der Waals surface area contributed by atoms with E-state index in [4.69, 9.17) is 9.72 Å². The lowest BCUT2D eigenvalue weighted by atomic mass is 10.3. The topological polar surface area (TPSA) is 97.5 Å². The van der Waals surface area contributed by atoms with Gasteiger partial charge in [-0.05, 0) is 62.0 Å². The molecule has 0 fully saturated rings. The van der Waals surface area contributed by atoms with Crippen molar-refractivity contribution in [1.29, 1.82) is 0 Å². The van der Waals surface area contributed by atoms with E-state index in [1.807, 2.05) is 36.9 Å². The van der Waals surface area contributed by atoms with Crippen LogP contribution in [0.15, 0.2) is 64.6 Å². The molecule has 0 atom stereocenters. The van der Waals surface area contributed by atoms with Crippen LogP contribution in [-0.4, -0.2) is 50.3 Å². The molecule has 0 bridgehead atoms. The fraction of sp³-hybridized carbons (Fsp3) is 0.208. The molecule has 0 unspecified atom stereocenters. The summed E-state index contributed by atoms with van der Waals surface area (Å²) in [5.74, 6) is 0.233. The maximum absolute atomic E-state index is 13.5. The summed E-state index contributed by atoms with van der Waals surface area (Å²) < 4.78 is 21.8. The molecule has 1 N–H and O–H groups in total. The van der Waals surface area contributed by atoms with Gasteiger partial charge in [0.2, 0.25) is 16.9 Å². The highest BCUT2D eigenvalue weighted by Crippen LogP contribution is 2.34. The van der Waals surface area contributed by atoms with Crippen LogP contribution in [0.1, 0.15) is 13.8 Å². The average Bonchev–Trinajstić information content (AvgIpc) is 3.46. The monoisotopic (exact) mass is 523 g/mol. The molecule has 1 amide bonds. The quantitative estimate of drug-likeness (QED) is 0.295. The predicted octanol–water partition coefficient (Wildman–Crippen LogP) is 4.78. The second-order valence-corrected chi connectivity index (χ2v) is 9.73. The fourth-order valence-electron chi connectivity index (χ4n) is 3.46. The third-order valence-corrected chi connectivity index (χ3v) is 7.15. The zero-order valence-corrected chi connectivity index (χ0v) is 21.1.